The molecule has 3 aliphatic rings. The third-order valence-electron chi connectivity index (χ3n) is 10.1. The van der Waals surface area contributed by atoms with Crippen LogP contribution >= 0.6 is 0 Å². The van der Waals surface area contributed by atoms with E-state index in [0.717, 1.165) is 5.56 Å². The molecule has 1 saturated heterocycles. The highest BCUT2D eigenvalue weighted by atomic mass is 32.2. The molecule has 2 aromatic carbocycles. The van der Waals surface area contributed by atoms with Crippen LogP contribution in [0.4, 0.5) is 4.79 Å². The maximum Gasteiger partial charge on any atom is 0.407 e. The molecule has 0 spiro atoms. The number of carbonyl (C=O) groups excluding carboxylic acids is 4. The molecule has 2 heterocycles. The lowest BCUT2D eigenvalue weighted by Crippen LogP contribution is -2.60. The molecule has 4 amide bonds. The second kappa shape index (κ2) is 14.9. The minimum absolute atomic E-state index is 0.0192. The molecule has 5 unspecified atom stereocenters. The first kappa shape index (κ1) is 38.5. The van der Waals surface area contributed by atoms with Crippen LogP contribution in [0, 0.1) is 11.3 Å². The van der Waals surface area contributed by atoms with Crippen molar-refractivity contribution in [1.29, 1.82) is 0 Å². The Bertz CT molecular complexity index is 2070. The Labute approximate surface area is 315 Å². The molecule has 5 atom stereocenters. The van der Waals surface area contributed by atoms with E-state index in [9.17, 15) is 27.6 Å². The summed E-state index contributed by atoms with van der Waals surface area (Å²) in [6.07, 6.45) is 1.05. The van der Waals surface area contributed by atoms with Crippen LogP contribution in [0.3, 0.4) is 0 Å². The van der Waals surface area contributed by atoms with E-state index in [1.807, 2.05) is 42.5 Å². The van der Waals surface area contributed by atoms with Crippen molar-refractivity contribution in [2.24, 2.45) is 11.3 Å². The number of carbonyl (C=O) groups is 4. The van der Waals surface area contributed by atoms with Gasteiger partial charge in [0.15, 0.2) is 0 Å². The Morgan fingerprint density at radius 3 is 2.43 bits per heavy atom. The molecule has 14 nitrogen and oxygen atoms in total. The fourth-order valence-electron chi connectivity index (χ4n) is 6.84. The minimum atomic E-state index is -3.91. The number of pyridine rings is 1. The lowest BCUT2D eigenvalue weighted by Gasteiger charge is -2.35. The van der Waals surface area contributed by atoms with Crippen molar-refractivity contribution in [3.8, 4) is 22.8 Å². The lowest BCUT2D eigenvalue weighted by molar-refractivity contribution is -0.142. The van der Waals surface area contributed by atoms with Crippen LogP contribution in [-0.2, 0) is 29.1 Å². The molecule has 54 heavy (non-hydrogen) atoms. The lowest BCUT2D eigenvalue weighted by atomic mass is 9.85. The molecule has 3 fully saturated rings. The van der Waals surface area contributed by atoms with Crippen molar-refractivity contribution >= 4 is 44.7 Å². The number of nitrogens with one attached hydrogen (secondary N) is 3. The van der Waals surface area contributed by atoms with Crippen LogP contribution in [0.15, 0.2) is 67.3 Å². The average Bonchev–Trinajstić information content (AvgIpc) is 4.06. The number of fused-ring (bicyclic) bond motifs is 1. The summed E-state index contributed by atoms with van der Waals surface area (Å²) in [7, 11) is -2.34. The van der Waals surface area contributed by atoms with E-state index in [0.29, 0.717) is 40.9 Å². The van der Waals surface area contributed by atoms with Gasteiger partial charge in [0, 0.05) is 35.4 Å². The van der Waals surface area contributed by atoms with Crippen LogP contribution in [0.25, 0.3) is 22.2 Å². The fraction of sp³-hybridized carbons (Fsp3) is 0.462. The summed E-state index contributed by atoms with van der Waals surface area (Å²) >= 11 is 0. The summed E-state index contributed by atoms with van der Waals surface area (Å²) in [5, 5.41) is 5.50. The number of likely N-dealkylation sites (tertiary alicyclic amines) is 1. The van der Waals surface area contributed by atoms with Crippen molar-refractivity contribution in [1.82, 2.24) is 25.2 Å². The van der Waals surface area contributed by atoms with Gasteiger partial charge in [-0.2, -0.15) is 0 Å². The van der Waals surface area contributed by atoms with Crippen molar-refractivity contribution < 1.29 is 41.8 Å². The first-order valence-electron chi connectivity index (χ1n) is 18.1. The third-order valence-corrected chi connectivity index (χ3v) is 11.9. The quantitative estimate of drug-likeness (QED) is 0.215. The van der Waals surface area contributed by atoms with Gasteiger partial charge in [-0.05, 0) is 43.7 Å². The van der Waals surface area contributed by atoms with E-state index in [-0.39, 0.29) is 26.0 Å². The highest BCUT2D eigenvalue weighted by Crippen LogP contribution is 2.46. The van der Waals surface area contributed by atoms with E-state index < -0.39 is 74.1 Å². The third kappa shape index (κ3) is 8.00. The molecule has 15 heteroatoms. The standard InChI is InChI=1S/C39H47N5O9S/c1-7-24-21-39(24,36(47)43-54(49,50)27-15-16-27)42-34(45)31-19-26(22-44(31)35(46)33(38(3,4)5)41-37(48)52-8-2)53-32-20-29(23-12-10-9-11-13-23)40-30-18-25(51-6)14-17-28(30)32/h7,9-14,17-18,20,24,26-27,31,33H,1,8,15-16,19,21-22H2,2-6H3,(H,41,48)(H,42,45)(H,43,47). The number of nitrogens with zero attached hydrogens (tertiary/aromatic N) is 2. The Morgan fingerprint density at radius 2 is 1.81 bits per heavy atom. The number of hydrogen-bond acceptors (Lipinski definition) is 10. The Kier molecular flexibility index (Phi) is 10.6. The monoisotopic (exact) mass is 761 g/mol. The molecule has 3 N–H and O–H groups in total. The highest BCUT2D eigenvalue weighted by molar-refractivity contribution is 7.91. The van der Waals surface area contributed by atoms with Gasteiger partial charge in [-0.1, -0.05) is 57.2 Å². The van der Waals surface area contributed by atoms with Crippen molar-refractivity contribution in [3.63, 3.8) is 0 Å². The van der Waals surface area contributed by atoms with Crippen LogP contribution in [0.2, 0.25) is 0 Å². The zero-order chi connectivity index (χ0) is 39.0. The van der Waals surface area contributed by atoms with Crippen LogP contribution < -0.4 is 24.8 Å². The van der Waals surface area contributed by atoms with Crippen LogP contribution in [-0.4, -0.2) is 91.4 Å². The zero-order valence-electron chi connectivity index (χ0n) is 31.1. The van der Waals surface area contributed by atoms with Crippen molar-refractivity contribution in [2.45, 2.75) is 82.4 Å². The highest BCUT2D eigenvalue weighted by Gasteiger charge is 2.62. The molecular weight excluding hydrogens is 715 g/mol. The average molecular weight is 762 g/mol. The summed E-state index contributed by atoms with van der Waals surface area (Å²) in [6, 6.07) is 14.5. The van der Waals surface area contributed by atoms with Gasteiger partial charge in [-0.15, -0.1) is 6.58 Å². The Hall–Kier alpha value is -5.18. The molecule has 6 rings (SSSR count). The molecule has 2 aliphatic carbocycles. The first-order valence-corrected chi connectivity index (χ1v) is 19.6. The molecule has 288 valence electrons. The first-order chi connectivity index (χ1) is 25.6. The summed E-state index contributed by atoms with van der Waals surface area (Å²) in [6.45, 7) is 10.8. The number of rotatable bonds is 13. The maximum atomic E-state index is 14.5. The fourth-order valence-corrected chi connectivity index (χ4v) is 8.20. The van der Waals surface area contributed by atoms with Gasteiger partial charge in [0.05, 0.1) is 36.7 Å². The smallest absolute Gasteiger partial charge is 0.407 e. The van der Waals surface area contributed by atoms with Crippen molar-refractivity contribution in [3.05, 3.63) is 67.3 Å². The van der Waals surface area contributed by atoms with Gasteiger partial charge in [0.1, 0.15) is 35.2 Å². The Morgan fingerprint density at radius 1 is 1.09 bits per heavy atom. The minimum Gasteiger partial charge on any atom is -0.497 e. The number of hydrogen-bond donors (Lipinski definition) is 3. The van der Waals surface area contributed by atoms with Gasteiger partial charge in [0.25, 0.3) is 5.91 Å². The normalized spacial score (nSPS) is 22.8. The number of benzene rings is 2. The number of alkyl carbamates (subject to hydrolysis) is 1. The molecular formula is C39H47N5O9S. The van der Waals surface area contributed by atoms with Gasteiger partial charge < -0.3 is 29.7 Å². The topological polar surface area (TPSA) is 182 Å². The van der Waals surface area contributed by atoms with Gasteiger partial charge in [-0.3, -0.25) is 19.1 Å². The van der Waals surface area contributed by atoms with Gasteiger partial charge >= 0.3 is 6.09 Å². The molecule has 1 aromatic heterocycles. The van der Waals surface area contributed by atoms with E-state index in [2.05, 4.69) is 21.9 Å². The summed E-state index contributed by atoms with van der Waals surface area (Å²) < 4.78 is 44.8. The van der Waals surface area contributed by atoms with E-state index in [1.54, 1.807) is 46.9 Å². The molecule has 3 aromatic rings. The van der Waals surface area contributed by atoms with Gasteiger partial charge in [-0.25, -0.2) is 18.2 Å². The number of aromatic nitrogens is 1. The predicted molar refractivity (Wildman–Crippen MR) is 201 cm³/mol. The number of sulfonamides is 1. The summed E-state index contributed by atoms with van der Waals surface area (Å²) in [4.78, 5) is 61.2. The van der Waals surface area contributed by atoms with Crippen LogP contribution in [0.5, 0.6) is 11.5 Å². The Balaban J connectivity index is 1.34. The van der Waals surface area contributed by atoms with E-state index in [4.69, 9.17) is 19.2 Å². The maximum absolute atomic E-state index is 14.5. The number of ether oxygens (including phenoxy) is 3. The molecule has 1 aliphatic heterocycles. The molecule has 2 saturated carbocycles. The summed E-state index contributed by atoms with van der Waals surface area (Å²) in [5.41, 5.74) is -0.283. The number of amides is 4. The SMILES string of the molecule is C=CC1CC1(NC(=O)C1CC(Oc2cc(-c3ccccc3)nc3cc(OC)ccc23)CN1C(=O)C(NC(=O)OCC)C(C)(C)C)C(=O)NS(=O)(=O)C1CC1. The summed E-state index contributed by atoms with van der Waals surface area (Å²) in [5.74, 6) is -1.54. The largest absolute Gasteiger partial charge is 0.497 e. The van der Waals surface area contributed by atoms with E-state index >= 15 is 0 Å². The second-order valence-electron chi connectivity index (χ2n) is 15.1. The number of methoxy groups -OCH3 is 1. The van der Waals surface area contributed by atoms with E-state index in [1.165, 1.54) is 11.0 Å². The second-order valence-corrected chi connectivity index (χ2v) is 17.0. The van der Waals surface area contributed by atoms with Crippen molar-refractivity contribution in [2.75, 3.05) is 20.3 Å². The molecule has 0 bridgehead atoms. The molecule has 0 radical (unpaired) electrons. The van der Waals surface area contributed by atoms with Gasteiger partial charge in [0.2, 0.25) is 21.8 Å². The predicted octanol–water partition coefficient (Wildman–Crippen LogP) is 4.09. The van der Waals surface area contributed by atoms with Crippen LogP contribution in [0.1, 0.15) is 53.4 Å². The zero-order valence-corrected chi connectivity index (χ0v) is 31.9.